The Labute approximate surface area is 152 Å². The number of rotatable bonds is 3. The number of benzene rings is 1. The van der Waals surface area contributed by atoms with Crippen molar-refractivity contribution in [2.75, 3.05) is 26.3 Å². The number of pyridine rings is 1. The number of furan rings is 1. The fraction of sp³-hybridized carbons (Fsp3) is 0.333. The lowest BCUT2D eigenvalue weighted by atomic mass is 9.99. The van der Waals surface area contributed by atoms with E-state index in [1.165, 1.54) is 5.56 Å². The fourth-order valence-electron chi connectivity index (χ4n) is 3.47. The van der Waals surface area contributed by atoms with Gasteiger partial charge in [-0.1, -0.05) is 18.2 Å². The van der Waals surface area contributed by atoms with Crippen LogP contribution in [0.25, 0.3) is 11.0 Å². The Kier molecular flexibility index (Phi) is 4.71. The standard InChI is InChI=1S/C21H22N2O3/c1-15-3-2-4-19(22-15)21(24)23-8-10-25-14-17(13-23)11-16-5-6-18-7-9-26-20(18)12-16/h2-7,9,12,17H,8,10-11,13-14H2,1H3. The Morgan fingerprint density at radius 1 is 1.27 bits per heavy atom. The topological polar surface area (TPSA) is 55.6 Å². The van der Waals surface area contributed by atoms with Crippen molar-refractivity contribution >= 4 is 16.9 Å². The third-order valence-electron chi connectivity index (χ3n) is 4.78. The number of carbonyl (C=O) groups is 1. The van der Waals surface area contributed by atoms with Gasteiger partial charge in [-0.05, 0) is 43.2 Å². The Hall–Kier alpha value is -2.66. The Bertz CT molecular complexity index is 918. The summed E-state index contributed by atoms with van der Waals surface area (Å²) < 4.78 is 11.3. The molecule has 5 heteroatoms. The first-order valence-electron chi connectivity index (χ1n) is 8.96. The maximum Gasteiger partial charge on any atom is 0.272 e. The summed E-state index contributed by atoms with van der Waals surface area (Å²) in [5.41, 5.74) is 3.45. The number of aryl methyl sites for hydroxylation is 1. The van der Waals surface area contributed by atoms with E-state index in [9.17, 15) is 4.79 Å². The summed E-state index contributed by atoms with van der Waals surface area (Å²) in [5.74, 6) is 0.226. The SMILES string of the molecule is Cc1cccc(C(=O)N2CCOCC(Cc3ccc4ccoc4c3)C2)n1. The first kappa shape index (κ1) is 16.8. The molecule has 0 saturated carbocycles. The van der Waals surface area contributed by atoms with Crippen molar-refractivity contribution in [2.24, 2.45) is 5.92 Å². The summed E-state index contributed by atoms with van der Waals surface area (Å²) in [6.07, 6.45) is 2.56. The molecule has 1 amide bonds. The molecule has 26 heavy (non-hydrogen) atoms. The second-order valence-corrected chi connectivity index (χ2v) is 6.85. The van der Waals surface area contributed by atoms with Gasteiger partial charge >= 0.3 is 0 Å². The van der Waals surface area contributed by atoms with Crippen LogP contribution in [0, 0.1) is 12.8 Å². The van der Waals surface area contributed by atoms with Gasteiger partial charge in [0.2, 0.25) is 0 Å². The first-order valence-corrected chi connectivity index (χ1v) is 8.96. The van der Waals surface area contributed by atoms with E-state index in [1.54, 1.807) is 12.3 Å². The van der Waals surface area contributed by atoms with Gasteiger partial charge in [-0.25, -0.2) is 4.98 Å². The van der Waals surface area contributed by atoms with Crippen molar-refractivity contribution in [2.45, 2.75) is 13.3 Å². The molecule has 3 aromatic rings. The molecule has 1 saturated heterocycles. The third kappa shape index (κ3) is 3.63. The van der Waals surface area contributed by atoms with Crippen LogP contribution in [-0.2, 0) is 11.2 Å². The zero-order valence-corrected chi connectivity index (χ0v) is 14.9. The van der Waals surface area contributed by atoms with Crippen molar-refractivity contribution in [3.63, 3.8) is 0 Å². The van der Waals surface area contributed by atoms with Gasteiger partial charge in [0.15, 0.2) is 0 Å². The van der Waals surface area contributed by atoms with E-state index in [-0.39, 0.29) is 11.8 Å². The molecular formula is C21H22N2O3. The van der Waals surface area contributed by atoms with Gasteiger partial charge in [-0.3, -0.25) is 4.79 Å². The highest BCUT2D eigenvalue weighted by Gasteiger charge is 2.24. The summed E-state index contributed by atoms with van der Waals surface area (Å²) in [7, 11) is 0. The Morgan fingerprint density at radius 3 is 3.08 bits per heavy atom. The van der Waals surface area contributed by atoms with Crippen LogP contribution in [0.1, 0.15) is 21.7 Å². The molecule has 1 fully saturated rings. The van der Waals surface area contributed by atoms with Gasteiger partial charge in [0, 0.05) is 30.1 Å². The maximum absolute atomic E-state index is 12.8. The molecule has 0 aliphatic carbocycles. The molecule has 0 bridgehead atoms. The molecule has 0 radical (unpaired) electrons. The molecule has 0 N–H and O–H groups in total. The molecule has 3 heterocycles. The van der Waals surface area contributed by atoms with E-state index in [2.05, 4.69) is 23.2 Å². The van der Waals surface area contributed by atoms with Gasteiger partial charge in [-0.2, -0.15) is 0 Å². The smallest absolute Gasteiger partial charge is 0.272 e. The van der Waals surface area contributed by atoms with E-state index in [0.717, 1.165) is 23.1 Å². The Morgan fingerprint density at radius 2 is 2.19 bits per heavy atom. The molecule has 1 aromatic carbocycles. The first-order chi connectivity index (χ1) is 12.7. The molecular weight excluding hydrogens is 328 g/mol. The highest BCUT2D eigenvalue weighted by molar-refractivity contribution is 5.92. The van der Waals surface area contributed by atoms with Crippen molar-refractivity contribution in [3.05, 3.63) is 65.7 Å². The second kappa shape index (κ2) is 7.30. The highest BCUT2D eigenvalue weighted by atomic mass is 16.5. The van der Waals surface area contributed by atoms with Crippen LogP contribution in [0.2, 0.25) is 0 Å². The van der Waals surface area contributed by atoms with Crippen LogP contribution in [0.3, 0.4) is 0 Å². The minimum Gasteiger partial charge on any atom is -0.464 e. The van der Waals surface area contributed by atoms with Crippen molar-refractivity contribution < 1.29 is 13.9 Å². The zero-order valence-electron chi connectivity index (χ0n) is 14.9. The summed E-state index contributed by atoms with van der Waals surface area (Å²) in [5, 5.41) is 1.10. The number of fused-ring (bicyclic) bond motifs is 1. The predicted molar refractivity (Wildman–Crippen MR) is 99.1 cm³/mol. The van der Waals surface area contributed by atoms with Gasteiger partial charge in [0.1, 0.15) is 11.3 Å². The number of amides is 1. The molecule has 0 spiro atoms. The average molecular weight is 350 g/mol. The summed E-state index contributed by atoms with van der Waals surface area (Å²) in [6, 6.07) is 13.8. The van der Waals surface area contributed by atoms with Crippen molar-refractivity contribution in [1.29, 1.82) is 0 Å². The largest absolute Gasteiger partial charge is 0.464 e. The zero-order chi connectivity index (χ0) is 17.9. The van der Waals surface area contributed by atoms with Crippen LogP contribution in [0.4, 0.5) is 0 Å². The van der Waals surface area contributed by atoms with Crippen LogP contribution >= 0.6 is 0 Å². The number of aromatic nitrogens is 1. The van der Waals surface area contributed by atoms with Crippen LogP contribution < -0.4 is 0 Å². The van der Waals surface area contributed by atoms with Crippen LogP contribution in [-0.4, -0.2) is 42.1 Å². The monoisotopic (exact) mass is 350 g/mol. The summed E-state index contributed by atoms with van der Waals surface area (Å²) >= 11 is 0. The van der Waals surface area contributed by atoms with Crippen molar-refractivity contribution in [3.8, 4) is 0 Å². The van der Waals surface area contributed by atoms with Crippen molar-refractivity contribution in [1.82, 2.24) is 9.88 Å². The molecule has 1 unspecified atom stereocenters. The average Bonchev–Trinajstić information content (AvgIpc) is 2.99. The molecule has 4 rings (SSSR count). The molecule has 134 valence electrons. The maximum atomic E-state index is 12.8. The van der Waals surface area contributed by atoms with E-state index in [1.807, 2.05) is 30.0 Å². The molecule has 1 aliphatic rings. The minimum atomic E-state index is -0.0225. The number of ether oxygens (including phenoxy) is 1. The van der Waals surface area contributed by atoms with Gasteiger partial charge in [-0.15, -0.1) is 0 Å². The van der Waals surface area contributed by atoms with E-state index >= 15 is 0 Å². The number of nitrogens with zero attached hydrogens (tertiary/aromatic N) is 2. The lowest BCUT2D eigenvalue weighted by Crippen LogP contribution is -2.36. The molecule has 1 atom stereocenters. The number of hydrogen-bond donors (Lipinski definition) is 0. The van der Waals surface area contributed by atoms with E-state index in [0.29, 0.717) is 32.0 Å². The van der Waals surface area contributed by atoms with E-state index < -0.39 is 0 Å². The summed E-state index contributed by atoms with van der Waals surface area (Å²) in [6.45, 7) is 4.38. The van der Waals surface area contributed by atoms with Crippen LogP contribution in [0.5, 0.6) is 0 Å². The second-order valence-electron chi connectivity index (χ2n) is 6.85. The van der Waals surface area contributed by atoms with Gasteiger partial charge < -0.3 is 14.1 Å². The molecule has 5 nitrogen and oxygen atoms in total. The molecule has 1 aliphatic heterocycles. The highest BCUT2D eigenvalue weighted by Crippen LogP contribution is 2.21. The fourth-order valence-corrected chi connectivity index (χ4v) is 3.47. The number of carbonyl (C=O) groups excluding carboxylic acids is 1. The normalized spacial score (nSPS) is 18.0. The predicted octanol–water partition coefficient (Wildman–Crippen LogP) is 3.47. The van der Waals surface area contributed by atoms with Crippen LogP contribution in [0.15, 0.2) is 53.1 Å². The van der Waals surface area contributed by atoms with Gasteiger partial charge in [0.05, 0.1) is 19.5 Å². The lowest BCUT2D eigenvalue weighted by molar-refractivity contribution is 0.0731. The van der Waals surface area contributed by atoms with E-state index in [4.69, 9.17) is 9.15 Å². The third-order valence-corrected chi connectivity index (χ3v) is 4.78. The Balaban J connectivity index is 1.49. The lowest BCUT2D eigenvalue weighted by Gasteiger charge is -2.23. The minimum absolute atomic E-state index is 0.0225. The quantitative estimate of drug-likeness (QED) is 0.726. The summed E-state index contributed by atoms with van der Waals surface area (Å²) in [4.78, 5) is 19.1. The molecule has 2 aromatic heterocycles. The number of hydrogen-bond acceptors (Lipinski definition) is 4. The van der Waals surface area contributed by atoms with Gasteiger partial charge in [0.25, 0.3) is 5.91 Å².